The van der Waals surface area contributed by atoms with E-state index in [1.807, 2.05) is 0 Å². The van der Waals surface area contributed by atoms with E-state index in [-0.39, 0.29) is 12.5 Å². The molecule has 0 radical (unpaired) electrons. The van der Waals surface area contributed by atoms with E-state index >= 15 is 0 Å². The molecule has 1 amide bonds. The zero-order chi connectivity index (χ0) is 22.5. The van der Waals surface area contributed by atoms with Crippen LogP contribution in [0.2, 0.25) is 0 Å². The Labute approximate surface area is 179 Å². The van der Waals surface area contributed by atoms with Gasteiger partial charge in [0.15, 0.2) is 5.69 Å². The molecule has 8 nitrogen and oxygen atoms in total. The fourth-order valence-electron chi connectivity index (χ4n) is 3.61. The van der Waals surface area contributed by atoms with Gasteiger partial charge in [0, 0.05) is 12.1 Å². The van der Waals surface area contributed by atoms with Gasteiger partial charge in [0.25, 0.3) is 5.91 Å². The lowest BCUT2D eigenvalue weighted by molar-refractivity contribution is -0.141. The molecule has 0 atom stereocenters. The third-order valence-electron chi connectivity index (χ3n) is 5.45. The normalized spacial score (nSPS) is 14.2. The van der Waals surface area contributed by atoms with Crippen molar-refractivity contribution in [2.24, 2.45) is 5.92 Å². The van der Waals surface area contributed by atoms with Crippen LogP contribution in [0.15, 0.2) is 42.9 Å². The Kier molecular flexibility index (Phi) is 4.68. The number of halogens is 3. The molecule has 1 aromatic carbocycles. The average molecular weight is 441 g/mol. The number of aromatic nitrogens is 5. The molecule has 3 aromatic heterocycles. The third kappa shape index (κ3) is 3.81. The maximum absolute atomic E-state index is 13.4. The number of carbonyl (C=O) groups excluding carboxylic acids is 1. The summed E-state index contributed by atoms with van der Waals surface area (Å²) in [7, 11) is 0. The number of hydrogen-bond acceptors (Lipinski definition) is 6. The first-order chi connectivity index (χ1) is 15.3. The Bertz CT molecular complexity index is 1310. The van der Waals surface area contributed by atoms with Crippen LogP contribution < -0.4 is 5.73 Å². The van der Waals surface area contributed by atoms with E-state index in [1.54, 1.807) is 40.0 Å². The summed E-state index contributed by atoms with van der Waals surface area (Å²) >= 11 is 0. The molecule has 1 saturated carbocycles. The van der Waals surface area contributed by atoms with Gasteiger partial charge in [-0.05, 0) is 49.1 Å². The standard InChI is InChI=1S/C21H18F3N7O/c22-21(23,24)18-6-4-14(28-29-18)10-30(9-12-1-2-12)20(32)13-3-5-15-16(7-13)31-11-26-8-17(31)19(25)27-15/h3-8,11-12H,1-2,9-10H2,(H2,25,27). The number of anilines is 1. The summed E-state index contributed by atoms with van der Waals surface area (Å²) in [6.45, 7) is 0.568. The molecule has 0 spiro atoms. The molecule has 0 bridgehead atoms. The fourth-order valence-corrected chi connectivity index (χ4v) is 3.61. The van der Waals surface area contributed by atoms with Gasteiger partial charge in [0.05, 0.1) is 35.8 Å². The van der Waals surface area contributed by atoms with Gasteiger partial charge in [-0.1, -0.05) is 0 Å². The average Bonchev–Trinajstić information content (AvgIpc) is 3.43. The van der Waals surface area contributed by atoms with Crippen LogP contribution in [0, 0.1) is 5.92 Å². The minimum atomic E-state index is -4.56. The molecule has 5 rings (SSSR count). The smallest absolute Gasteiger partial charge is 0.382 e. The first kappa shape index (κ1) is 20.2. The van der Waals surface area contributed by atoms with Gasteiger partial charge in [0.1, 0.15) is 11.3 Å². The van der Waals surface area contributed by atoms with Crippen molar-refractivity contribution in [3.8, 4) is 0 Å². The van der Waals surface area contributed by atoms with Crippen LogP contribution in [0.3, 0.4) is 0 Å². The van der Waals surface area contributed by atoms with Crippen LogP contribution in [0.5, 0.6) is 0 Å². The van der Waals surface area contributed by atoms with Gasteiger partial charge in [0.2, 0.25) is 0 Å². The molecule has 1 fully saturated rings. The van der Waals surface area contributed by atoms with Crippen LogP contribution in [-0.2, 0) is 12.7 Å². The van der Waals surface area contributed by atoms with Crippen LogP contribution in [0.1, 0.15) is 34.6 Å². The third-order valence-corrected chi connectivity index (χ3v) is 5.45. The van der Waals surface area contributed by atoms with E-state index in [0.29, 0.717) is 46.1 Å². The molecule has 1 aliphatic carbocycles. The van der Waals surface area contributed by atoms with Crippen molar-refractivity contribution in [2.45, 2.75) is 25.6 Å². The summed E-state index contributed by atoms with van der Waals surface area (Å²) in [6, 6.07) is 7.23. The second-order valence-corrected chi connectivity index (χ2v) is 7.89. The Balaban J connectivity index is 1.46. The molecular weight excluding hydrogens is 423 g/mol. The zero-order valence-corrected chi connectivity index (χ0v) is 16.8. The summed E-state index contributed by atoms with van der Waals surface area (Å²) < 4.78 is 40.1. The molecule has 2 N–H and O–H groups in total. The number of alkyl halides is 3. The Morgan fingerprint density at radius 1 is 1.16 bits per heavy atom. The maximum Gasteiger partial charge on any atom is 0.435 e. The molecule has 0 saturated heterocycles. The van der Waals surface area contributed by atoms with Crippen molar-refractivity contribution < 1.29 is 18.0 Å². The Morgan fingerprint density at radius 3 is 2.66 bits per heavy atom. The Morgan fingerprint density at radius 2 is 1.97 bits per heavy atom. The van der Waals surface area contributed by atoms with E-state index in [2.05, 4.69) is 20.2 Å². The van der Waals surface area contributed by atoms with E-state index < -0.39 is 11.9 Å². The minimum Gasteiger partial charge on any atom is -0.382 e. The fraction of sp³-hybridized carbons (Fsp3) is 0.286. The van der Waals surface area contributed by atoms with Crippen molar-refractivity contribution in [1.29, 1.82) is 0 Å². The second kappa shape index (κ2) is 7.43. The summed E-state index contributed by atoms with van der Waals surface area (Å²) in [6.07, 6.45) is 0.664. The monoisotopic (exact) mass is 441 g/mol. The number of hydrogen-bond donors (Lipinski definition) is 1. The predicted molar refractivity (Wildman–Crippen MR) is 109 cm³/mol. The molecule has 11 heteroatoms. The van der Waals surface area contributed by atoms with Crippen LogP contribution in [0.25, 0.3) is 16.6 Å². The molecule has 1 aliphatic rings. The highest BCUT2D eigenvalue weighted by Crippen LogP contribution is 2.31. The zero-order valence-electron chi connectivity index (χ0n) is 16.8. The molecule has 0 unspecified atom stereocenters. The number of amides is 1. The van der Waals surface area contributed by atoms with Gasteiger partial charge in [-0.15, -0.1) is 5.10 Å². The van der Waals surface area contributed by atoms with Gasteiger partial charge in [-0.25, -0.2) is 9.97 Å². The van der Waals surface area contributed by atoms with Crippen LogP contribution in [0.4, 0.5) is 19.0 Å². The molecule has 4 aromatic rings. The number of imidazole rings is 1. The number of fused-ring (bicyclic) bond motifs is 3. The van der Waals surface area contributed by atoms with Crippen molar-refractivity contribution in [2.75, 3.05) is 12.3 Å². The number of rotatable bonds is 5. The van der Waals surface area contributed by atoms with Crippen molar-refractivity contribution >= 4 is 28.3 Å². The molecule has 0 aliphatic heterocycles. The molecule has 164 valence electrons. The topological polar surface area (TPSA) is 102 Å². The number of nitrogen functional groups attached to an aromatic ring is 1. The van der Waals surface area contributed by atoms with Crippen LogP contribution >= 0.6 is 0 Å². The van der Waals surface area contributed by atoms with Gasteiger partial charge in [-0.2, -0.15) is 18.3 Å². The summed E-state index contributed by atoms with van der Waals surface area (Å²) in [5.74, 6) is 0.472. The number of benzene rings is 1. The molecule has 32 heavy (non-hydrogen) atoms. The lowest BCUT2D eigenvalue weighted by Crippen LogP contribution is -2.33. The SMILES string of the molecule is Nc1nc2ccc(C(=O)N(Cc3ccc(C(F)(F)F)nn3)CC3CC3)cc2n2cncc12. The highest BCUT2D eigenvalue weighted by atomic mass is 19.4. The lowest BCUT2D eigenvalue weighted by Gasteiger charge is -2.22. The minimum absolute atomic E-state index is 0.0684. The van der Waals surface area contributed by atoms with E-state index in [4.69, 9.17) is 5.73 Å². The maximum atomic E-state index is 13.4. The highest BCUT2D eigenvalue weighted by molar-refractivity contribution is 5.98. The summed E-state index contributed by atoms with van der Waals surface area (Å²) in [5, 5.41) is 6.95. The largest absolute Gasteiger partial charge is 0.435 e. The van der Waals surface area contributed by atoms with Gasteiger partial charge in [-0.3, -0.25) is 9.20 Å². The first-order valence-electron chi connectivity index (χ1n) is 10.00. The van der Waals surface area contributed by atoms with E-state index in [0.717, 1.165) is 18.9 Å². The van der Waals surface area contributed by atoms with E-state index in [1.165, 1.54) is 6.07 Å². The van der Waals surface area contributed by atoms with Crippen molar-refractivity contribution in [3.05, 3.63) is 59.8 Å². The number of nitrogens with zero attached hydrogens (tertiary/aromatic N) is 6. The van der Waals surface area contributed by atoms with Gasteiger partial charge >= 0.3 is 6.18 Å². The highest BCUT2D eigenvalue weighted by Gasteiger charge is 2.33. The molecule has 3 heterocycles. The van der Waals surface area contributed by atoms with Crippen molar-refractivity contribution in [1.82, 2.24) is 29.5 Å². The summed E-state index contributed by atoms with van der Waals surface area (Å²) in [4.78, 5) is 23.4. The molecular formula is C21H18F3N7O. The Hall–Kier alpha value is -3.76. The second-order valence-electron chi connectivity index (χ2n) is 7.89. The lowest BCUT2D eigenvalue weighted by atomic mass is 10.1. The van der Waals surface area contributed by atoms with E-state index in [9.17, 15) is 18.0 Å². The van der Waals surface area contributed by atoms with Crippen LogP contribution in [-0.4, -0.2) is 41.9 Å². The number of nitrogens with two attached hydrogens (primary N) is 1. The van der Waals surface area contributed by atoms with Gasteiger partial charge < -0.3 is 10.6 Å². The summed E-state index contributed by atoms with van der Waals surface area (Å²) in [5.41, 5.74) is 7.56. The van der Waals surface area contributed by atoms with Crippen molar-refractivity contribution in [3.63, 3.8) is 0 Å². The first-order valence-corrected chi connectivity index (χ1v) is 10.00. The predicted octanol–water partition coefficient (Wildman–Crippen LogP) is 3.33. The quantitative estimate of drug-likeness (QED) is 0.510. The number of carbonyl (C=O) groups is 1.